The summed E-state index contributed by atoms with van der Waals surface area (Å²) in [4.78, 5) is 21.9. The lowest BCUT2D eigenvalue weighted by molar-refractivity contribution is -0.497. The van der Waals surface area contributed by atoms with Crippen LogP contribution >= 0.6 is 0 Å². The molecule has 0 saturated heterocycles. The molecule has 0 spiro atoms. The first-order valence-corrected chi connectivity index (χ1v) is 6.13. The fourth-order valence-electron chi connectivity index (χ4n) is 2.05. The van der Waals surface area contributed by atoms with E-state index in [0.717, 1.165) is 12.1 Å². The van der Waals surface area contributed by atoms with E-state index in [1.165, 1.54) is 6.07 Å². The van der Waals surface area contributed by atoms with Crippen molar-refractivity contribution in [2.75, 3.05) is 0 Å². The van der Waals surface area contributed by atoms with Gasteiger partial charge in [-0.05, 0) is 31.5 Å². The molecule has 1 fully saturated rings. The quantitative estimate of drug-likeness (QED) is 0.678. The van der Waals surface area contributed by atoms with E-state index in [1.54, 1.807) is 13.8 Å². The van der Waals surface area contributed by atoms with Crippen LogP contribution in [0.3, 0.4) is 0 Å². The van der Waals surface area contributed by atoms with Gasteiger partial charge in [-0.1, -0.05) is 6.07 Å². The van der Waals surface area contributed by atoms with Crippen LogP contribution in [-0.2, 0) is 10.3 Å². The summed E-state index contributed by atoms with van der Waals surface area (Å²) in [5.74, 6) is -3.05. The minimum Gasteiger partial charge on any atom is -0.347 e. The van der Waals surface area contributed by atoms with Crippen molar-refractivity contribution >= 4 is 5.91 Å². The van der Waals surface area contributed by atoms with Gasteiger partial charge in [-0.25, -0.2) is 8.78 Å². The molecule has 0 bridgehead atoms. The number of hydrogen-bond donors (Lipinski definition) is 1. The number of amides is 1. The third-order valence-electron chi connectivity index (χ3n) is 3.44. The largest absolute Gasteiger partial charge is 0.347 e. The van der Waals surface area contributed by atoms with Crippen LogP contribution in [0.15, 0.2) is 18.2 Å². The first-order chi connectivity index (χ1) is 9.22. The number of carbonyl (C=O) groups excluding carboxylic acids is 1. The molecule has 5 nitrogen and oxygen atoms in total. The van der Waals surface area contributed by atoms with Crippen molar-refractivity contribution in [3.05, 3.63) is 45.5 Å². The van der Waals surface area contributed by atoms with Crippen molar-refractivity contribution in [2.24, 2.45) is 5.92 Å². The van der Waals surface area contributed by atoms with Crippen LogP contribution in [0.4, 0.5) is 8.78 Å². The zero-order chi connectivity index (χ0) is 15.1. The summed E-state index contributed by atoms with van der Waals surface area (Å²) in [5, 5.41) is 13.2. The number of nitro groups is 1. The van der Waals surface area contributed by atoms with Crippen molar-refractivity contribution in [1.82, 2.24) is 5.32 Å². The summed E-state index contributed by atoms with van der Waals surface area (Å²) in [6.45, 7) is 3.25. The van der Waals surface area contributed by atoms with E-state index in [2.05, 4.69) is 5.32 Å². The average molecular weight is 284 g/mol. The Morgan fingerprint density at radius 1 is 1.40 bits per heavy atom. The highest BCUT2D eigenvalue weighted by molar-refractivity contribution is 5.82. The number of halogens is 2. The molecule has 1 aliphatic carbocycles. The van der Waals surface area contributed by atoms with Gasteiger partial charge >= 0.3 is 0 Å². The molecule has 1 N–H and O–H groups in total. The van der Waals surface area contributed by atoms with Crippen LogP contribution in [0.25, 0.3) is 0 Å². The second-order valence-corrected chi connectivity index (χ2v) is 5.44. The first-order valence-electron chi connectivity index (χ1n) is 6.13. The second kappa shape index (κ2) is 4.81. The molecule has 2 atom stereocenters. The van der Waals surface area contributed by atoms with Gasteiger partial charge in [0.05, 0.1) is 5.54 Å². The molecule has 1 saturated carbocycles. The average Bonchev–Trinajstić information content (AvgIpc) is 3.12. The molecular weight excluding hydrogens is 270 g/mol. The third-order valence-corrected chi connectivity index (χ3v) is 3.44. The predicted octanol–water partition coefficient (Wildman–Crippen LogP) is 1.98. The normalized spacial score (nSPS) is 21.4. The second-order valence-electron chi connectivity index (χ2n) is 5.44. The Hall–Kier alpha value is -2.05. The van der Waals surface area contributed by atoms with E-state index in [4.69, 9.17) is 0 Å². The highest BCUT2D eigenvalue weighted by atomic mass is 19.2. The minimum atomic E-state index is -1.00. The zero-order valence-corrected chi connectivity index (χ0v) is 11.0. The molecule has 2 rings (SSSR count). The lowest BCUT2D eigenvalue weighted by Crippen LogP contribution is -2.42. The van der Waals surface area contributed by atoms with Gasteiger partial charge in [0, 0.05) is 11.3 Å². The predicted molar refractivity (Wildman–Crippen MR) is 66.4 cm³/mol. The standard InChI is InChI=1S/C13H14F2N2O3/c1-13(2,7-3-4-9(14)10(15)5-7)16-12(18)8-6-11(8)17(19)20/h3-5,8,11H,6H2,1-2H3,(H,16,18)/t8-,11-/m1/s1. The first kappa shape index (κ1) is 14.4. The van der Waals surface area contributed by atoms with Gasteiger partial charge in [-0.3, -0.25) is 14.9 Å². The summed E-state index contributed by atoms with van der Waals surface area (Å²) in [7, 11) is 0. The molecular formula is C13H14F2N2O3. The maximum Gasteiger partial charge on any atom is 0.231 e. The summed E-state index contributed by atoms with van der Waals surface area (Å²) in [5.41, 5.74) is -0.543. The molecule has 108 valence electrons. The number of hydrogen-bond acceptors (Lipinski definition) is 3. The van der Waals surface area contributed by atoms with Gasteiger partial charge in [0.2, 0.25) is 11.9 Å². The molecule has 0 radical (unpaired) electrons. The SMILES string of the molecule is CC(C)(NC(=O)[C@@H]1C[C@H]1[N+](=O)[O-])c1ccc(F)c(F)c1. The van der Waals surface area contributed by atoms with Crippen LogP contribution in [0, 0.1) is 27.7 Å². The maximum absolute atomic E-state index is 13.2. The van der Waals surface area contributed by atoms with E-state index in [-0.39, 0.29) is 6.42 Å². The Kier molecular flexibility index (Phi) is 3.45. The lowest BCUT2D eigenvalue weighted by atomic mass is 9.94. The Morgan fingerprint density at radius 3 is 2.55 bits per heavy atom. The molecule has 0 unspecified atom stereocenters. The Balaban J connectivity index is 2.09. The molecule has 7 heteroatoms. The summed E-state index contributed by atoms with van der Waals surface area (Å²) in [6.07, 6.45) is 0.215. The Labute approximate surface area is 114 Å². The van der Waals surface area contributed by atoms with Gasteiger partial charge in [-0.15, -0.1) is 0 Å². The van der Waals surface area contributed by atoms with Crippen molar-refractivity contribution in [3.63, 3.8) is 0 Å². The Morgan fingerprint density at radius 2 is 2.05 bits per heavy atom. The van der Waals surface area contributed by atoms with E-state index in [9.17, 15) is 23.7 Å². The van der Waals surface area contributed by atoms with Crippen LogP contribution in [0.2, 0.25) is 0 Å². The third kappa shape index (κ3) is 2.76. The van der Waals surface area contributed by atoms with Crippen molar-refractivity contribution in [1.29, 1.82) is 0 Å². The molecule has 1 aromatic rings. The van der Waals surface area contributed by atoms with Gasteiger partial charge in [0.15, 0.2) is 11.6 Å². The summed E-state index contributed by atoms with van der Waals surface area (Å²) < 4.78 is 26.1. The lowest BCUT2D eigenvalue weighted by Gasteiger charge is -2.27. The van der Waals surface area contributed by atoms with Crippen LogP contribution in [0.1, 0.15) is 25.8 Å². The monoisotopic (exact) mass is 284 g/mol. The smallest absolute Gasteiger partial charge is 0.231 e. The zero-order valence-electron chi connectivity index (χ0n) is 11.0. The topological polar surface area (TPSA) is 72.2 Å². The van der Waals surface area contributed by atoms with E-state index >= 15 is 0 Å². The van der Waals surface area contributed by atoms with Gasteiger partial charge < -0.3 is 5.32 Å². The van der Waals surface area contributed by atoms with Crippen LogP contribution in [-0.4, -0.2) is 16.9 Å². The van der Waals surface area contributed by atoms with Gasteiger partial charge in [-0.2, -0.15) is 0 Å². The fraction of sp³-hybridized carbons (Fsp3) is 0.462. The summed E-state index contributed by atoms with van der Waals surface area (Å²) in [6, 6.07) is 2.52. The van der Waals surface area contributed by atoms with E-state index in [0.29, 0.717) is 5.56 Å². The molecule has 1 amide bonds. The van der Waals surface area contributed by atoms with E-state index < -0.39 is 40.0 Å². The number of benzene rings is 1. The molecule has 0 aliphatic heterocycles. The number of carbonyl (C=O) groups is 1. The van der Waals surface area contributed by atoms with Crippen LogP contribution in [0.5, 0.6) is 0 Å². The highest BCUT2D eigenvalue weighted by Gasteiger charge is 2.54. The van der Waals surface area contributed by atoms with Gasteiger partial charge in [0.25, 0.3) is 0 Å². The number of nitrogens with zero attached hydrogens (tertiary/aromatic N) is 1. The van der Waals surface area contributed by atoms with Crippen LogP contribution < -0.4 is 5.32 Å². The highest BCUT2D eigenvalue weighted by Crippen LogP contribution is 2.34. The van der Waals surface area contributed by atoms with Crippen molar-refractivity contribution in [2.45, 2.75) is 31.8 Å². The Bertz CT molecular complexity index is 575. The van der Waals surface area contributed by atoms with E-state index in [1.807, 2.05) is 0 Å². The molecule has 20 heavy (non-hydrogen) atoms. The minimum absolute atomic E-state index is 0.215. The van der Waals surface area contributed by atoms with Crippen molar-refractivity contribution in [3.8, 4) is 0 Å². The molecule has 1 aromatic carbocycles. The summed E-state index contributed by atoms with van der Waals surface area (Å²) >= 11 is 0. The number of nitrogens with one attached hydrogen (secondary N) is 1. The molecule has 0 heterocycles. The number of rotatable bonds is 4. The van der Waals surface area contributed by atoms with Gasteiger partial charge in [0.1, 0.15) is 5.92 Å². The van der Waals surface area contributed by atoms with Crippen molar-refractivity contribution < 1.29 is 18.5 Å². The molecule has 1 aliphatic rings. The maximum atomic E-state index is 13.2. The molecule has 0 aromatic heterocycles. The fourth-order valence-corrected chi connectivity index (χ4v) is 2.05.